The standard InChI is InChI=1S/C26H26N5O3S/c1-2-34-22-12-10-20(11-13-22)24-16-29-26(30-21-4-3-5-23(14-21)35(27)33)31-25(24)28-15-18-6-8-19(17-32)9-7-18/h3-14,16,27,32H,2,15,17H2,1H3,(H2,28,29,30,31)/q-1. The SMILES string of the molecule is CCOc1ccc(-c2cnc(Nc3cccc([S-](=N)=O)c3)nc2NCc2ccc(CO)cc2)cc1. The second kappa shape index (κ2) is 11.5. The van der Waals surface area contributed by atoms with E-state index in [-0.39, 0.29) is 6.61 Å². The van der Waals surface area contributed by atoms with E-state index in [1.807, 2.05) is 55.5 Å². The molecule has 35 heavy (non-hydrogen) atoms. The van der Waals surface area contributed by atoms with Crippen molar-refractivity contribution in [3.63, 3.8) is 0 Å². The summed E-state index contributed by atoms with van der Waals surface area (Å²) in [6, 6.07) is 22.3. The fourth-order valence-electron chi connectivity index (χ4n) is 3.45. The Labute approximate surface area is 206 Å². The second-order valence-electron chi connectivity index (χ2n) is 7.66. The third-order valence-electron chi connectivity index (χ3n) is 5.23. The fourth-order valence-corrected chi connectivity index (χ4v) is 3.89. The van der Waals surface area contributed by atoms with Crippen LogP contribution in [0.1, 0.15) is 18.1 Å². The van der Waals surface area contributed by atoms with Crippen molar-refractivity contribution in [3.05, 3.63) is 90.1 Å². The molecule has 0 aliphatic heterocycles. The zero-order valence-electron chi connectivity index (χ0n) is 19.2. The van der Waals surface area contributed by atoms with Crippen LogP contribution in [0.4, 0.5) is 17.5 Å². The van der Waals surface area contributed by atoms with E-state index in [9.17, 15) is 9.32 Å². The minimum atomic E-state index is -1.83. The van der Waals surface area contributed by atoms with E-state index >= 15 is 0 Å². The lowest BCUT2D eigenvalue weighted by Gasteiger charge is -2.14. The quantitative estimate of drug-likeness (QED) is 0.218. The fraction of sp³-hybridized carbons (Fsp3) is 0.154. The number of aromatic nitrogens is 2. The molecule has 0 atom stereocenters. The van der Waals surface area contributed by atoms with Gasteiger partial charge in [-0.25, -0.2) is 4.98 Å². The van der Waals surface area contributed by atoms with E-state index in [0.717, 1.165) is 28.0 Å². The van der Waals surface area contributed by atoms with Gasteiger partial charge < -0.3 is 29.5 Å². The Bertz CT molecular complexity index is 1350. The number of nitrogens with zero attached hydrogens (tertiary/aromatic N) is 2. The molecule has 0 saturated heterocycles. The third kappa shape index (κ3) is 6.34. The Morgan fingerprint density at radius 2 is 1.77 bits per heavy atom. The lowest BCUT2D eigenvalue weighted by molar-refractivity contribution is 0.282. The van der Waals surface area contributed by atoms with Gasteiger partial charge in [0.2, 0.25) is 5.95 Å². The predicted octanol–water partition coefficient (Wildman–Crippen LogP) is 5.48. The number of rotatable bonds is 10. The maximum absolute atomic E-state index is 11.5. The summed E-state index contributed by atoms with van der Waals surface area (Å²) in [5.74, 6) is 1.80. The molecule has 9 heteroatoms. The highest BCUT2D eigenvalue weighted by molar-refractivity contribution is 7.73. The minimum Gasteiger partial charge on any atom is -0.494 e. The van der Waals surface area contributed by atoms with Crippen LogP contribution in [0.2, 0.25) is 0 Å². The number of hydrogen-bond acceptors (Lipinski definition) is 9. The Balaban J connectivity index is 1.63. The van der Waals surface area contributed by atoms with Gasteiger partial charge in [-0.3, -0.25) is 0 Å². The molecule has 180 valence electrons. The van der Waals surface area contributed by atoms with Crippen LogP contribution >= 0.6 is 0 Å². The van der Waals surface area contributed by atoms with Gasteiger partial charge >= 0.3 is 0 Å². The molecule has 8 nitrogen and oxygen atoms in total. The maximum Gasteiger partial charge on any atom is 0.229 e. The van der Waals surface area contributed by atoms with Crippen LogP contribution in [0.3, 0.4) is 0 Å². The zero-order chi connectivity index (χ0) is 24.6. The third-order valence-corrected chi connectivity index (χ3v) is 5.92. The van der Waals surface area contributed by atoms with Crippen LogP contribution in [0.15, 0.2) is 83.9 Å². The van der Waals surface area contributed by atoms with Crippen molar-refractivity contribution < 1.29 is 14.1 Å². The van der Waals surface area contributed by atoms with E-state index in [4.69, 9.17) is 14.5 Å². The topological polar surface area (TPSA) is 120 Å². The van der Waals surface area contributed by atoms with Crippen molar-refractivity contribution in [2.24, 2.45) is 0 Å². The normalized spacial score (nSPS) is 10.8. The molecule has 4 aromatic rings. The first-order valence-electron chi connectivity index (χ1n) is 11.1. The first kappa shape index (κ1) is 24.2. The average Bonchev–Trinajstić information content (AvgIpc) is 2.89. The molecular formula is C26H26N5O3S-. The molecule has 0 aliphatic carbocycles. The van der Waals surface area contributed by atoms with E-state index < -0.39 is 10.6 Å². The molecule has 0 saturated carbocycles. The van der Waals surface area contributed by atoms with E-state index in [2.05, 4.69) is 15.6 Å². The number of aliphatic hydroxyl groups excluding tert-OH is 1. The van der Waals surface area contributed by atoms with E-state index in [1.54, 1.807) is 30.5 Å². The smallest absolute Gasteiger partial charge is 0.229 e. The van der Waals surface area contributed by atoms with Crippen LogP contribution in [0.25, 0.3) is 11.1 Å². The molecule has 3 aromatic carbocycles. The largest absolute Gasteiger partial charge is 0.494 e. The Hall–Kier alpha value is -3.95. The highest BCUT2D eigenvalue weighted by Gasteiger charge is 2.11. The molecule has 0 spiro atoms. The Kier molecular flexibility index (Phi) is 7.92. The Morgan fingerprint density at radius 1 is 1.03 bits per heavy atom. The highest BCUT2D eigenvalue weighted by Crippen LogP contribution is 2.29. The van der Waals surface area contributed by atoms with Crippen LogP contribution in [0, 0.1) is 4.78 Å². The van der Waals surface area contributed by atoms with Gasteiger partial charge in [-0.1, -0.05) is 59.5 Å². The van der Waals surface area contributed by atoms with Gasteiger partial charge in [0.25, 0.3) is 0 Å². The van der Waals surface area contributed by atoms with E-state index in [1.165, 1.54) is 0 Å². The summed E-state index contributed by atoms with van der Waals surface area (Å²) in [6.45, 7) is 3.07. The molecular weight excluding hydrogens is 462 g/mol. The van der Waals surface area contributed by atoms with Gasteiger partial charge in [-0.05, 0) is 41.8 Å². The highest BCUT2D eigenvalue weighted by atomic mass is 32.2. The first-order valence-corrected chi connectivity index (χ1v) is 12.2. The summed E-state index contributed by atoms with van der Waals surface area (Å²) in [5.41, 5.74) is 4.30. The van der Waals surface area contributed by atoms with Gasteiger partial charge in [0.15, 0.2) is 0 Å². The van der Waals surface area contributed by atoms with Crippen molar-refractivity contribution in [1.82, 2.24) is 9.97 Å². The van der Waals surface area contributed by atoms with Gasteiger partial charge in [0, 0.05) is 24.0 Å². The van der Waals surface area contributed by atoms with Gasteiger partial charge in [-0.15, -0.1) is 0 Å². The summed E-state index contributed by atoms with van der Waals surface area (Å²) >= 11 is 0. The monoisotopic (exact) mass is 488 g/mol. The van der Waals surface area contributed by atoms with Crippen LogP contribution in [0.5, 0.6) is 5.75 Å². The lowest BCUT2D eigenvalue weighted by atomic mass is 10.1. The molecule has 0 amide bonds. The maximum atomic E-state index is 11.5. The van der Waals surface area contributed by atoms with Gasteiger partial charge in [-0.2, -0.15) is 15.6 Å². The summed E-state index contributed by atoms with van der Waals surface area (Å²) < 4.78 is 24.5. The van der Waals surface area contributed by atoms with Crippen molar-refractivity contribution >= 4 is 28.0 Å². The van der Waals surface area contributed by atoms with Crippen molar-refractivity contribution in [2.75, 3.05) is 17.2 Å². The number of hydrogen-bond donors (Lipinski definition) is 4. The van der Waals surface area contributed by atoms with Crippen LogP contribution in [-0.4, -0.2) is 21.7 Å². The molecule has 0 aliphatic rings. The summed E-state index contributed by atoms with van der Waals surface area (Å²) in [6.07, 6.45) is 1.74. The van der Waals surface area contributed by atoms with E-state index in [0.29, 0.717) is 35.5 Å². The van der Waals surface area contributed by atoms with Gasteiger partial charge in [0.1, 0.15) is 11.6 Å². The molecule has 0 bridgehead atoms. The predicted molar refractivity (Wildman–Crippen MR) is 137 cm³/mol. The molecule has 1 heterocycles. The number of aliphatic hydroxyl groups is 1. The number of benzene rings is 3. The number of anilines is 3. The van der Waals surface area contributed by atoms with Crippen LogP contribution < -0.4 is 15.4 Å². The first-order chi connectivity index (χ1) is 17.1. The second-order valence-corrected chi connectivity index (χ2v) is 8.67. The molecule has 0 radical (unpaired) electrons. The number of ether oxygens (including phenoxy) is 1. The van der Waals surface area contributed by atoms with Crippen molar-refractivity contribution in [1.29, 1.82) is 4.78 Å². The molecule has 0 unspecified atom stereocenters. The average molecular weight is 489 g/mol. The summed E-state index contributed by atoms with van der Waals surface area (Å²) in [5, 5.41) is 15.8. The molecule has 1 aromatic heterocycles. The Morgan fingerprint density at radius 3 is 2.46 bits per heavy atom. The number of nitrogens with one attached hydrogen (secondary N) is 3. The molecule has 4 N–H and O–H groups in total. The summed E-state index contributed by atoms with van der Waals surface area (Å²) in [4.78, 5) is 9.57. The molecule has 0 fully saturated rings. The van der Waals surface area contributed by atoms with Crippen molar-refractivity contribution in [3.8, 4) is 16.9 Å². The minimum absolute atomic E-state index is 0.00550. The lowest BCUT2D eigenvalue weighted by Crippen LogP contribution is -2.06. The van der Waals surface area contributed by atoms with Crippen molar-refractivity contribution in [2.45, 2.75) is 25.0 Å². The van der Waals surface area contributed by atoms with Gasteiger partial charge in [0.05, 0.1) is 13.2 Å². The summed E-state index contributed by atoms with van der Waals surface area (Å²) in [7, 11) is -1.83. The molecule has 4 rings (SSSR count). The zero-order valence-corrected chi connectivity index (χ0v) is 20.0. The van der Waals surface area contributed by atoms with Crippen LogP contribution in [-0.2, 0) is 28.0 Å².